The highest BCUT2D eigenvalue weighted by molar-refractivity contribution is 6.17. The number of imidazole rings is 1. The molecule has 196 valence electrons. The molecule has 1 aromatic heterocycles. The van der Waals surface area contributed by atoms with Gasteiger partial charge in [-0.05, 0) is 59.9 Å². The van der Waals surface area contributed by atoms with Gasteiger partial charge in [-0.2, -0.15) is 0 Å². The zero-order valence-electron chi connectivity index (χ0n) is 21.2. The summed E-state index contributed by atoms with van der Waals surface area (Å²) >= 11 is 5.90. The Morgan fingerprint density at radius 1 is 1.13 bits per heavy atom. The van der Waals surface area contributed by atoms with Crippen LogP contribution in [0.3, 0.4) is 0 Å². The van der Waals surface area contributed by atoms with Crippen LogP contribution in [-0.4, -0.2) is 34.4 Å². The van der Waals surface area contributed by atoms with E-state index < -0.39 is 17.8 Å². The van der Waals surface area contributed by atoms with Gasteiger partial charge in [0.15, 0.2) is 0 Å². The number of amides is 1. The molecule has 1 amide bonds. The van der Waals surface area contributed by atoms with Crippen LogP contribution in [0.1, 0.15) is 35.6 Å². The molecule has 0 aliphatic rings. The second-order valence-corrected chi connectivity index (χ2v) is 9.03. The van der Waals surface area contributed by atoms with Crippen molar-refractivity contribution in [2.75, 3.05) is 13.0 Å². The van der Waals surface area contributed by atoms with Crippen molar-refractivity contribution in [3.8, 4) is 11.4 Å². The molecule has 1 heterocycles. The highest BCUT2D eigenvalue weighted by Crippen LogP contribution is 2.30. The number of hydrazine groups is 1. The molecule has 9 heteroatoms. The van der Waals surface area contributed by atoms with Gasteiger partial charge in [0.2, 0.25) is 0 Å². The van der Waals surface area contributed by atoms with E-state index in [-0.39, 0.29) is 0 Å². The number of rotatable bonds is 11. The lowest BCUT2D eigenvalue weighted by Gasteiger charge is -2.18. The van der Waals surface area contributed by atoms with Gasteiger partial charge < -0.3 is 14.1 Å². The van der Waals surface area contributed by atoms with Crippen LogP contribution >= 0.6 is 11.6 Å². The number of aromatic nitrogens is 2. The number of nitrogens with zero attached hydrogens (tertiary/aromatic N) is 2. The van der Waals surface area contributed by atoms with Crippen LogP contribution in [0.2, 0.25) is 0 Å². The molecule has 0 spiro atoms. The van der Waals surface area contributed by atoms with Crippen molar-refractivity contribution in [2.24, 2.45) is 0 Å². The quantitative estimate of drug-likeness (QED) is 0.156. The Balaban J connectivity index is 1.37. The molecule has 0 saturated heterocycles. The summed E-state index contributed by atoms with van der Waals surface area (Å²) in [6.45, 7) is 1.91. The number of benzene rings is 3. The highest BCUT2D eigenvalue weighted by Gasteiger charge is 2.24. The number of halogens is 1. The molecule has 0 fully saturated rings. The van der Waals surface area contributed by atoms with Gasteiger partial charge >= 0.3 is 5.97 Å². The monoisotopic (exact) mass is 532 g/mol. The molecule has 38 heavy (non-hydrogen) atoms. The van der Waals surface area contributed by atoms with E-state index in [2.05, 4.69) is 16.0 Å². The van der Waals surface area contributed by atoms with Crippen molar-refractivity contribution in [3.05, 3.63) is 96.1 Å². The molecular formula is C29H29ClN4O4. The Morgan fingerprint density at radius 3 is 2.71 bits per heavy atom. The molecule has 4 aromatic rings. The van der Waals surface area contributed by atoms with Crippen LogP contribution in [0.25, 0.3) is 22.5 Å². The zero-order valence-corrected chi connectivity index (χ0v) is 21.9. The molecule has 8 nitrogen and oxygen atoms in total. The minimum atomic E-state index is -0.537. The maximum absolute atomic E-state index is 13.0. The first-order valence-electron chi connectivity index (χ1n) is 12.2. The summed E-state index contributed by atoms with van der Waals surface area (Å²) in [7, 11) is 1.58. The largest absolute Gasteiger partial charge is 0.495 e. The molecule has 1 atom stereocenters. The maximum Gasteiger partial charge on any atom is 0.334 e. The Morgan fingerprint density at radius 2 is 1.95 bits per heavy atom. The molecule has 2 N–H and O–H groups in total. The summed E-state index contributed by atoms with van der Waals surface area (Å²) < 4.78 is 7.37. The lowest BCUT2D eigenvalue weighted by atomic mass is 9.90. The second kappa shape index (κ2) is 12.9. The zero-order chi connectivity index (χ0) is 26.9. The molecule has 1 unspecified atom stereocenters. The normalized spacial score (nSPS) is 12.0. The van der Waals surface area contributed by atoms with Gasteiger partial charge in [0, 0.05) is 18.2 Å². The summed E-state index contributed by atoms with van der Waals surface area (Å²) in [6, 6.07) is 19.2. The van der Waals surface area contributed by atoms with E-state index in [4.69, 9.17) is 21.2 Å². The maximum atomic E-state index is 13.0. The molecule has 0 aliphatic carbocycles. The van der Waals surface area contributed by atoms with Gasteiger partial charge in [-0.3, -0.25) is 10.2 Å². The number of nitrogens with one attached hydrogen (secondary N) is 2. The third-order valence-corrected chi connectivity index (χ3v) is 6.32. The SMILES string of the molecule is COc1cc(/C=C/C(=O)NNOC(=O)C(CCCCl)c2cccc3ccccc23)ccc1-n1cnc(C)c1. The number of carbonyl (C=O) groups is 2. The molecule has 0 bridgehead atoms. The standard InChI is InChI=1S/C29H29ClN4O4/c1-20-18-34(19-31-20)26-14-12-21(17-27(26)37-2)13-15-28(35)32-33-38-29(36)25(11-6-16-30)24-10-5-8-22-7-3-4-9-23(22)24/h3-5,7-10,12-15,17-19,25,33H,6,11,16H2,1-2H3,(H,32,35)/b15-13+. The Bertz CT molecular complexity index is 1440. The number of hydrogen-bond donors (Lipinski definition) is 2. The number of alkyl halides is 1. The van der Waals surface area contributed by atoms with Crippen molar-refractivity contribution in [1.82, 2.24) is 20.6 Å². The van der Waals surface area contributed by atoms with Crippen molar-refractivity contribution in [1.29, 1.82) is 0 Å². The third-order valence-electron chi connectivity index (χ3n) is 6.06. The number of fused-ring (bicyclic) bond motifs is 1. The Kier molecular flexibility index (Phi) is 9.13. The fourth-order valence-electron chi connectivity index (χ4n) is 4.21. The number of aryl methyl sites for hydroxylation is 1. The van der Waals surface area contributed by atoms with E-state index in [1.807, 2.05) is 78.4 Å². The van der Waals surface area contributed by atoms with Crippen LogP contribution < -0.4 is 15.8 Å². The van der Waals surface area contributed by atoms with Crippen LogP contribution in [0.15, 0.2) is 79.3 Å². The first-order chi connectivity index (χ1) is 18.5. The van der Waals surface area contributed by atoms with E-state index >= 15 is 0 Å². The van der Waals surface area contributed by atoms with Crippen molar-refractivity contribution in [3.63, 3.8) is 0 Å². The summed E-state index contributed by atoms with van der Waals surface area (Å²) in [5, 5.41) is 2.01. The Hall–Kier alpha value is -4.14. The van der Waals surface area contributed by atoms with Crippen molar-refractivity contribution in [2.45, 2.75) is 25.7 Å². The summed E-state index contributed by atoms with van der Waals surface area (Å²) in [4.78, 5) is 34.7. The first-order valence-corrected chi connectivity index (χ1v) is 12.7. The third kappa shape index (κ3) is 6.59. The molecule has 0 radical (unpaired) electrons. The Labute approximate surface area is 226 Å². The molecular weight excluding hydrogens is 504 g/mol. The van der Waals surface area contributed by atoms with E-state index in [0.717, 1.165) is 33.3 Å². The number of ether oxygens (including phenoxy) is 1. The number of carbonyl (C=O) groups excluding carboxylic acids is 2. The second-order valence-electron chi connectivity index (χ2n) is 8.65. The molecule has 0 saturated carbocycles. The lowest BCUT2D eigenvalue weighted by molar-refractivity contribution is -0.156. The minimum Gasteiger partial charge on any atom is -0.495 e. The van der Waals surface area contributed by atoms with Gasteiger partial charge in [0.1, 0.15) is 5.75 Å². The van der Waals surface area contributed by atoms with Gasteiger partial charge in [0.05, 0.1) is 30.7 Å². The van der Waals surface area contributed by atoms with Crippen LogP contribution in [-0.2, 0) is 14.4 Å². The van der Waals surface area contributed by atoms with Crippen LogP contribution in [0.4, 0.5) is 0 Å². The van der Waals surface area contributed by atoms with Gasteiger partial charge in [-0.1, -0.05) is 54.1 Å². The van der Waals surface area contributed by atoms with E-state index in [0.29, 0.717) is 24.5 Å². The molecule has 0 aliphatic heterocycles. The fraction of sp³-hybridized carbons (Fsp3) is 0.207. The van der Waals surface area contributed by atoms with Crippen LogP contribution in [0.5, 0.6) is 5.75 Å². The summed E-state index contributed by atoms with van der Waals surface area (Å²) in [5.74, 6) is -0.477. The fourth-order valence-corrected chi connectivity index (χ4v) is 4.37. The summed E-state index contributed by atoms with van der Waals surface area (Å²) in [6.07, 6.45) is 7.72. The lowest BCUT2D eigenvalue weighted by Crippen LogP contribution is -2.39. The number of hydrogen-bond acceptors (Lipinski definition) is 6. The van der Waals surface area contributed by atoms with E-state index in [1.54, 1.807) is 19.5 Å². The first kappa shape index (κ1) is 26.9. The smallest absolute Gasteiger partial charge is 0.334 e. The van der Waals surface area contributed by atoms with Gasteiger partial charge in [-0.15, -0.1) is 11.6 Å². The topological polar surface area (TPSA) is 94.5 Å². The minimum absolute atomic E-state index is 0.428. The van der Waals surface area contributed by atoms with E-state index in [1.165, 1.54) is 6.08 Å². The average Bonchev–Trinajstić information content (AvgIpc) is 3.37. The highest BCUT2D eigenvalue weighted by atomic mass is 35.5. The number of methoxy groups -OCH3 is 1. The van der Waals surface area contributed by atoms with Gasteiger partial charge in [-0.25, -0.2) is 9.78 Å². The summed E-state index contributed by atoms with van der Waals surface area (Å²) in [5.41, 5.74) is 7.98. The predicted molar refractivity (Wildman–Crippen MR) is 148 cm³/mol. The molecule has 4 rings (SSSR count). The molecule has 3 aromatic carbocycles. The van der Waals surface area contributed by atoms with Crippen molar-refractivity contribution < 1.29 is 19.2 Å². The van der Waals surface area contributed by atoms with Crippen molar-refractivity contribution >= 4 is 40.3 Å². The van der Waals surface area contributed by atoms with E-state index in [9.17, 15) is 9.59 Å². The van der Waals surface area contributed by atoms with Crippen LogP contribution in [0, 0.1) is 6.92 Å². The van der Waals surface area contributed by atoms with Gasteiger partial charge in [0.25, 0.3) is 5.91 Å². The average molecular weight is 533 g/mol. The predicted octanol–water partition coefficient (Wildman–Crippen LogP) is 5.24.